The zero-order valence-corrected chi connectivity index (χ0v) is 14.3. The molecule has 0 atom stereocenters. The molecule has 4 rings (SSSR count). The highest BCUT2D eigenvalue weighted by Crippen LogP contribution is 2.24. The molecule has 0 spiro atoms. The number of sulfonamides is 1. The van der Waals surface area contributed by atoms with Gasteiger partial charge in [0.05, 0.1) is 4.90 Å². The van der Waals surface area contributed by atoms with E-state index in [-0.39, 0.29) is 10.8 Å². The number of nitrogens with one attached hydrogen (secondary N) is 1. The van der Waals surface area contributed by atoms with E-state index in [0.717, 1.165) is 31.2 Å². The average molecular weight is 355 g/mol. The molecule has 8 heteroatoms. The molecule has 25 heavy (non-hydrogen) atoms. The summed E-state index contributed by atoms with van der Waals surface area (Å²) in [5.41, 5.74) is 2.35. The molecule has 1 aliphatic rings. The van der Waals surface area contributed by atoms with Crippen LogP contribution in [0.1, 0.15) is 24.0 Å². The number of anilines is 1. The predicted octanol–water partition coefficient (Wildman–Crippen LogP) is 2.34. The topological polar surface area (TPSA) is 89.8 Å². The first-order valence-electron chi connectivity index (χ1n) is 8.09. The Bertz CT molecular complexity index is 999. The molecule has 0 unspecified atom stereocenters. The van der Waals surface area contributed by atoms with E-state index in [2.05, 4.69) is 19.8 Å². The number of hydrogen-bond acceptors (Lipinski definition) is 5. The van der Waals surface area contributed by atoms with Gasteiger partial charge in [0.2, 0.25) is 0 Å². The Balaban J connectivity index is 1.59. The molecule has 1 aliphatic carbocycles. The summed E-state index contributed by atoms with van der Waals surface area (Å²) < 4.78 is 29.1. The normalized spacial score (nSPS) is 14.1. The molecule has 2 heterocycles. The molecule has 1 N–H and O–H groups in total. The maximum atomic E-state index is 12.6. The Labute approximate surface area is 145 Å². The van der Waals surface area contributed by atoms with Gasteiger partial charge in [0.1, 0.15) is 6.33 Å². The highest BCUT2D eigenvalue weighted by atomic mass is 32.2. The van der Waals surface area contributed by atoms with Crippen LogP contribution in [-0.2, 0) is 22.9 Å². The number of rotatable bonds is 4. The van der Waals surface area contributed by atoms with Crippen LogP contribution in [0.25, 0.3) is 5.82 Å². The van der Waals surface area contributed by atoms with Gasteiger partial charge in [-0.05, 0) is 61.1 Å². The van der Waals surface area contributed by atoms with Gasteiger partial charge < -0.3 is 0 Å². The van der Waals surface area contributed by atoms with Crippen LogP contribution in [0.15, 0.2) is 53.8 Å². The molecule has 128 valence electrons. The largest absolute Gasteiger partial charge is 0.264 e. The summed E-state index contributed by atoms with van der Waals surface area (Å²) in [6, 6.07) is 10.7. The lowest BCUT2D eigenvalue weighted by molar-refractivity contribution is 0.600. The summed E-state index contributed by atoms with van der Waals surface area (Å²) in [7, 11) is -3.72. The number of benzene rings is 1. The van der Waals surface area contributed by atoms with Gasteiger partial charge in [-0.1, -0.05) is 12.1 Å². The van der Waals surface area contributed by atoms with Crippen LogP contribution in [0.5, 0.6) is 0 Å². The second kappa shape index (κ2) is 6.29. The summed E-state index contributed by atoms with van der Waals surface area (Å²) in [6.07, 6.45) is 7.25. The molecule has 0 amide bonds. The molecular weight excluding hydrogens is 338 g/mol. The van der Waals surface area contributed by atoms with Gasteiger partial charge >= 0.3 is 0 Å². The molecule has 3 aromatic rings. The van der Waals surface area contributed by atoms with E-state index in [1.165, 1.54) is 16.6 Å². The zero-order chi connectivity index (χ0) is 17.3. The van der Waals surface area contributed by atoms with E-state index in [1.807, 2.05) is 12.1 Å². The highest BCUT2D eigenvalue weighted by molar-refractivity contribution is 7.92. The SMILES string of the molecule is O=S(=O)(Nc1ncn(-c2ccccn2)n1)c1ccc2c(c1)CCCC2. The molecule has 0 saturated heterocycles. The Kier molecular flexibility index (Phi) is 3.96. The smallest absolute Gasteiger partial charge is 0.246 e. The average Bonchev–Trinajstić information content (AvgIpc) is 3.10. The van der Waals surface area contributed by atoms with E-state index in [9.17, 15) is 8.42 Å². The van der Waals surface area contributed by atoms with Gasteiger partial charge in [0.15, 0.2) is 5.82 Å². The molecule has 0 radical (unpaired) electrons. The summed E-state index contributed by atoms with van der Waals surface area (Å²) in [5, 5.41) is 4.13. The Morgan fingerprint density at radius 3 is 2.64 bits per heavy atom. The number of fused-ring (bicyclic) bond motifs is 1. The quantitative estimate of drug-likeness (QED) is 0.776. The van der Waals surface area contributed by atoms with E-state index in [0.29, 0.717) is 5.82 Å². The zero-order valence-electron chi connectivity index (χ0n) is 13.5. The fourth-order valence-electron chi connectivity index (χ4n) is 2.97. The first kappa shape index (κ1) is 15.8. The van der Waals surface area contributed by atoms with E-state index >= 15 is 0 Å². The van der Waals surface area contributed by atoms with Crippen LogP contribution in [0.2, 0.25) is 0 Å². The summed E-state index contributed by atoms with van der Waals surface area (Å²) >= 11 is 0. The summed E-state index contributed by atoms with van der Waals surface area (Å²) in [5.74, 6) is 0.581. The van der Waals surface area contributed by atoms with Gasteiger partial charge in [-0.25, -0.2) is 22.8 Å². The van der Waals surface area contributed by atoms with Crippen LogP contribution >= 0.6 is 0 Å². The van der Waals surface area contributed by atoms with Crippen molar-refractivity contribution in [3.63, 3.8) is 0 Å². The fraction of sp³-hybridized carbons (Fsp3) is 0.235. The van der Waals surface area contributed by atoms with Crippen LogP contribution in [-0.4, -0.2) is 28.2 Å². The van der Waals surface area contributed by atoms with E-state index < -0.39 is 10.0 Å². The predicted molar refractivity (Wildman–Crippen MR) is 93.0 cm³/mol. The van der Waals surface area contributed by atoms with Gasteiger partial charge in [-0.3, -0.25) is 0 Å². The van der Waals surface area contributed by atoms with Crippen LogP contribution in [0.3, 0.4) is 0 Å². The lowest BCUT2D eigenvalue weighted by atomic mass is 9.92. The van der Waals surface area contributed by atoms with Crippen molar-refractivity contribution >= 4 is 16.0 Å². The maximum absolute atomic E-state index is 12.6. The van der Waals surface area contributed by atoms with Crippen molar-refractivity contribution in [3.05, 3.63) is 60.0 Å². The van der Waals surface area contributed by atoms with Crippen molar-refractivity contribution in [2.45, 2.75) is 30.6 Å². The van der Waals surface area contributed by atoms with Crippen molar-refractivity contribution in [3.8, 4) is 5.82 Å². The lowest BCUT2D eigenvalue weighted by Gasteiger charge is -2.16. The lowest BCUT2D eigenvalue weighted by Crippen LogP contribution is -2.15. The fourth-order valence-corrected chi connectivity index (χ4v) is 3.96. The second-order valence-corrected chi connectivity index (χ2v) is 7.63. The Morgan fingerprint density at radius 2 is 1.84 bits per heavy atom. The van der Waals surface area contributed by atoms with E-state index in [4.69, 9.17) is 0 Å². The van der Waals surface area contributed by atoms with Crippen LogP contribution in [0.4, 0.5) is 5.95 Å². The first-order valence-corrected chi connectivity index (χ1v) is 9.58. The molecule has 7 nitrogen and oxygen atoms in total. The molecule has 0 saturated carbocycles. The standard InChI is InChI=1S/C17H17N5O2S/c23-25(24,15-9-8-13-5-1-2-6-14(13)11-15)21-17-19-12-22(20-17)16-7-3-4-10-18-16/h3-4,7-12H,1-2,5-6H2,(H,20,21). The molecule has 2 aromatic heterocycles. The summed E-state index contributed by atoms with van der Waals surface area (Å²) in [4.78, 5) is 8.40. The van der Waals surface area contributed by atoms with E-state index in [1.54, 1.807) is 30.5 Å². The van der Waals surface area contributed by atoms with Gasteiger partial charge in [-0.15, -0.1) is 5.10 Å². The van der Waals surface area contributed by atoms with Crippen molar-refractivity contribution in [2.24, 2.45) is 0 Å². The van der Waals surface area contributed by atoms with Gasteiger partial charge in [0, 0.05) is 6.20 Å². The number of aromatic nitrogens is 4. The minimum Gasteiger partial charge on any atom is -0.246 e. The third kappa shape index (κ3) is 3.25. The number of hydrogen-bond donors (Lipinski definition) is 1. The minimum absolute atomic E-state index is 0.0170. The van der Waals surface area contributed by atoms with Crippen molar-refractivity contribution in [2.75, 3.05) is 4.72 Å². The van der Waals surface area contributed by atoms with Crippen molar-refractivity contribution in [1.29, 1.82) is 0 Å². The second-order valence-electron chi connectivity index (χ2n) is 5.94. The first-order chi connectivity index (χ1) is 12.1. The molecule has 0 aliphatic heterocycles. The van der Waals surface area contributed by atoms with Crippen LogP contribution < -0.4 is 4.72 Å². The highest BCUT2D eigenvalue weighted by Gasteiger charge is 2.19. The minimum atomic E-state index is -3.72. The maximum Gasteiger partial charge on any atom is 0.264 e. The Morgan fingerprint density at radius 1 is 1.00 bits per heavy atom. The van der Waals surface area contributed by atoms with Crippen molar-refractivity contribution < 1.29 is 8.42 Å². The summed E-state index contributed by atoms with van der Waals surface area (Å²) in [6.45, 7) is 0. The van der Waals surface area contributed by atoms with Gasteiger partial charge in [-0.2, -0.15) is 4.98 Å². The van der Waals surface area contributed by atoms with Crippen LogP contribution in [0, 0.1) is 0 Å². The molecule has 0 fully saturated rings. The monoisotopic (exact) mass is 355 g/mol. The molecule has 0 bridgehead atoms. The van der Waals surface area contributed by atoms with Gasteiger partial charge in [0.25, 0.3) is 16.0 Å². The third-order valence-corrected chi connectivity index (χ3v) is 5.56. The van der Waals surface area contributed by atoms with Crippen molar-refractivity contribution in [1.82, 2.24) is 19.7 Å². The molecular formula is C17H17N5O2S. The third-order valence-electron chi connectivity index (χ3n) is 4.23. The number of pyridine rings is 1. The Hall–Kier alpha value is -2.74. The molecule has 1 aromatic carbocycles. The number of nitrogens with zero attached hydrogens (tertiary/aromatic N) is 4. The number of aryl methyl sites for hydroxylation is 2.